The molecular formula is C20H24N2O5. The summed E-state index contributed by atoms with van der Waals surface area (Å²) in [5.74, 6) is 1.29. The molecule has 0 bridgehead atoms. The first-order valence-electron chi connectivity index (χ1n) is 8.54. The number of nitrogens with one attached hydrogen (secondary N) is 2. The lowest BCUT2D eigenvalue weighted by atomic mass is 10.1. The molecule has 0 saturated carbocycles. The van der Waals surface area contributed by atoms with Gasteiger partial charge < -0.3 is 24.8 Å². The van der Waals surface area contributed by atoms with Crippen LogP contribution in [0.3, 0.4) is 0 Å². The molecule has 0 atom stereocenters. The lowest BCUT2D eigenvalue weighted by molar-refractivity contribution is -0.127. The molecule has 7 nitrogen and oxygen atoms in total. The van der Waals surface area contributed by atoms with Gasteiger partial charge in [0.05, 0.1) is 20.8 Å². The Morgan fingerprint density at radius 1 is 0.889 bits per heavy atom. The molecule has 2 rings (SSSR count). The Labute approximate surface area is 158 Å². The molecule has 0 heterocycles. The molecule has 0 radical (unpaired) electrons. The smallest absolute Gasteiger partial charge is 0.258 e. The first-order valence-corrected chi connectivity index (χ1v) is 8.54. The Bertz CT molecular complexity index is 749. The van der Waals surface area contributed by atoms with E-state index in [4.69, 9.17) is 14.2 Å². The van der Waals surface area contributed by atoms with E-state index in [2.05, 4.69) is 10.6 Å². The van der Waals surface area contributed by atoms with Gasteiger partial charge in [-0.2, -0.15) is 0 Å². The highest BCUT2D eigenvalue weighted by Crippen LogP contribution is 2.27. The van der Waals surface area contributed by atoms with Crippen molar-refractivity contribution in [2.45, 2.75) is 6.42 Å². The molecule has 2 aromatic carbocycles. The van der Waals surface area contributed by atoms with Gasteiger partial charge in [-0.3, -0.25) is 9.59 Å². The van der Waals surface area contributed by atoms with Crippen LogP contribution in [0.5, 0.6) is 17.2 Å². The maximum absolute atomic E-state index is 11.8. The highest BCUT2D eigenvalue weighted by atomic mass is 16.5. The van der Waals surface area contributed by atoms with Crippen LogP contribution in [0, 0.1) is 0 Å². The van der Waals surface area contributed by atoms with Crippen LogP contribution in [-0.2, 0) is 16.0 Å². The third kappa shape index (κ3) is 6.89. The van der Waals surface area contributed by atoms with Crippen molar-refractivity contribution in [1.29, 1.82) is 0 Å². The van der Waals surface area contributed by atoms with E-state index in [9.17, 15) is 9.59 Å². The van der Waals surface area contributed by atoms with Crippen LogP contribution >= 0.6 is 0 Å². The molecule has 0 aliphatic heterocycles. The van der Waals surface area contributed by atoms with E-state index in [-0.39, 0.29) is 25.0 Å². The highest BCUT2D eigenvalue weighted by molar-refractivity contribution is 5.85. The van der Waals surface area contributed by atoms with Crippen LogP contribution in [0.15, 0.2) is 48.5 Å². The number of carbonyl (C=O) groups is 2. The number of amides is 2. The van der Waals surface area contributed by atoms with E-state index in [1.54, 1.807) is 26.4 Å². The molecule has 0 aliphatic rings. The van der Waals surface area contributed by atoms with Gasteiger partial charge in [0.15, 0.2) is 18.1 Å². The number of hydrogen-bond donors (Lipinski definition) is 2. The van der Waals surface area contributed by atoms with E-state index in [0.29, 0.717) is 30.2 Å². The van der Waals surface area contributed by atoms with Crippen molar-refractivity contribution in [2.24, 2.45) is 0 Å². The first-order chi connectivity index (χ1) is 13.1. The van der Waals surface area contributed by atoms with Gasteiger partial charge >= 0.3 is 0 Å². The Balaban J connectivity index is 1.65. The summed E-state index contributed by atoms with van der Waals surface area (Å²) in [6.07, 6.45) is 0.636. The molecule has 0 saturated heterocycles. The molecule has 2 aromatic rings. The van der Waals surface area contributed by atoms with Crippen molar-refractivity contribution < 1.29 is 23.8 Å². The Morgan fingerprint density at radius 3 is 2.33 bits per heavy atom. The van der Waals surface area contributed by atoms with Crippen molar-refractivity contribution >= 4 is 11.8 Å². The SMILES string of the molecule is COc1ccc(CCNC(=O)CNC(=O)COc2ccccc2)cc1OC. The molecule has 0 fully saturated rings. The maximum Gasteiger partial charge on any atom is 0.258 e. The number of carbonyl (C=O) groups excluding carboxylic acids is 2. The zero-order valence-electron chi connectivity index (χ0n) is 15.5. The molecule has 0 spiro atoms. The van der Waals surface area contributed by atoms with Crippen LogP contribution in [0.4, 0.5) is 0 Å². The second kappa shape index (κ2) is 10.7. The summed E-state index contributed by atoms with van der Waals surface area (Å²) in [4.78, 5) is 23.5. The Morgan fingerprint density at radius 2 is 1.63 bits per heavy atom. The number of ether oxygens (including phenoxy) is 3. The number of methoxy groups -OCH3 is 2. The van der Waals surface area contributed by atoms with Gasteiger partial charge in [-0.1, -0.05) is 24.3 Å². The summed E-state index contributed by atoms with van der Waals surface area (Å²) in [6, 6.07) is 14.6. The van der Waals surface area contributed by atoms with Crippen LogP contribution < -0.4 is 24.8 Å². The molecule has 27 heavy (non-hydrogen) atoms. The van der Waals surface area contributed by atoms with Crippen LogP contribution in [0.1, 0.15) is 5.56 Å². The zero-order chi connectivity index (χ0) is 19.5. The van der Waals surface area contributed by atoms with Crippen molar-refractivity contribution in [1.82, 2.24) is 10.6 Å². The van der Waals surface area contributed by atoms with E-state index in [1.807, 2.05) is 36.4 Å². The van der Waals surface area contributed by atoms with Gasteiger partial charge in [-0.25, -0.2) is 0 Å². The fraction of sp³-hybridized carbons (Fsp3) is 0.300. The van der Waals surface area contributed by atoms with Crippen molar-refractivity contribution in [2.75, 3.05) is 33.9 Å². The lowest BCUT2D eigenvalue weighted by Gasteiger charge is -2.10. The largest absolute Gasteiger partial charge is 0.493 e. The third-order valence-corrected chi connectivity index (χ3v) is 3.74. The van der Waals surface area contributed by atoms with Crippen LogP contribution in [-0.4, -0.2) is 45.7 Å². The second-order valence-corrected chi connectivity index (χ2v) is 5.67. The van der Waals surface area contributed by atoms with Crippen molar-refractivity contribution in [3.05, 3.63) is 54.1 Å². The molecule has 7 heteroatoms. The molecule has 0 unspecified atom stereocenters. The molecule has 2 N–H and O–H groups in total. The minimum atomic E-state index is -0.353. The topological polar surface area (TPSA) is 85.9 Å². The number of rotatable bonds is 10. The summed E-state index contributed by atoms with van der Waals surface area (Å²) >= 11 is 0. The fourth-order valence-corrected chi connectivity index (χ4v) is 2.34. The fourth-order valence-electron chi connectivity index (χ4n) is 2.34. The number of benzene rings is 2. The maximum atomic E-state index is 11.8. The summed E-state index contributed by atoms with van der Waals surface area (Å²) in [5.41, 5.74) is 1.01. The van der Waals surface area contributed by atoms with Gasteiger partial charge in [0.1, 0.15) is 5.75 Å². The van der Waals surface area contributed by atoms with E-state index in [0.717, 1.165) is 5.56 Å². The van der Waals surface area contributed by atoms with Gasteiger partial charge in [0, 0.05) is 6.54 Å². The summed E-state index contributed by atoms with van der Waals surface area (Å²) in [6.45, 7) is 0.219. The summed E-state index contributed by atoms with van der Waals surface area (Å²) in [7, 11) is 3.16. The standard InChI is InChI=1S/C20H24N2O5/c1-25-17-9-8-15(12-18(17)26-2)10-11-21-19(23)13-22-20(24)14-27-16-6-4-3-5-7-16/h3-9,12H,10-11,13-14H2,1-2H3,(H,21,23)(H,22,24). The molecule has 0 aliphatic carbocycles. The number of para-hydroxylation sites is 1. The third-order valence-electron chi connectivity index (χ3n) is 3.74. The molecule has 0 aromatic heterocycles. The van der Waals surface area contributed by atoms with Gasteiger partial charge in [0.25, 0.3) is 5.91 Å². The predicted octanol–water partition coefficient (Wildman–Crippen LogP) is 1.56. The summed E-state index contributed by atoms with van der Waals surface area (Å²) < 4.78 is 15.8. The average molecular weight is 372 g/mol. The van der Waals surface area contributed by atoms with Gasteiger partial charge in [-0.05, 0) is 36.2 Å². The Hall–Kier alpha value is -3.22. The quantitative estimate of drug-likeness (QED) is 0.661. The molecule has 2 amide bonds. The second-order valence-electron chi connectivity index (χ2n) is 5.67. The minimum Gasteiger partial charge on any atom is -0.493 e. The highest BCUT2D eigenvalue weighted by Gasteiger charge is 2.07. The van der Waals surface area contributed by atoms with E-state index >= 15 is 0 Å². The average Bonchev–Trinajstić information content (AvgIpc) is 2.71. The molecular weight excluding hydrogens is 348 g/mol. The van der Waals surface area contributed by atoms with Crippen LogP contribution in [0.2, 0.25) is 0 Å². The van der Waals surface area contributed by atoms with Crippen LogP contribution in [0.25, 0.3) is 0 Å². The lowest BCUT2D eigenvalue weighted by Crippen LogP contribution is -2.39. The first kappa shape index (κ1) is 20.1. The van der Waals surface area contributed by atoms with Crippen molar-refractivity contribution in [3.8, 4) is 17.2 Å². The predicted molar refractivity (Wildman–Crippen MR) is 101 cm³/mol. The molecule has 144 valence electrons. The zero-order valence-corrected chi connectivity index (χ0v) is 15.5. The number of hydrogen-bond acceptors (Lipinski definition) is 5. The monoisotopic (exact) mass is 372 g/mol. The van der Waals surface area contributed by atoms with E-state index < -0.39 is 0 Å². The van der Waals surface area contributed by atoms with Gasteiger partial charge in [-0.15, -0.1) is 0 Å². The summed E-state index contributed by atoms with van der Waals surface area (Å²) in [5, 5.41) is 5.28. The Kier molecular flexibility index (Phi) is 7.96. The van der Waals surface area contributed by atoms with E-state index in [1.165, 1.54) is 0 Å². The van der Waals surface area contributed by atoms with Crippen molar-refractivity contribution in [3.63, 3.8) is 0 Å². The van der Waals surface area contributed by atoms with Gasteiger partial charge in [0.2, 0.25) is 5.91 Å². The normalized spacial score (nSPS) is 10.0. The minimum absolute atomic E-state index is 0.0943.